The number of nitrogens with one attached hydrogen (secondary N) is 1. The molecule has 0 aliphatic heterocycles. The monoisotopic (exact) mass is 366 g/mol. The Balaban J connectivity index is 1.62. The molecule has 3 aromatic heterocycles. The highest BCUT2D eigenvalue weighted by atomic mass is 32.1. The van der Waals surface area contributed by atoms with Crippen LogP contribution < -0.4 is 5.32 Å². The predicted octanol–water partition coefficient (Wildman–Crippen LogP) is 3.37. The Morgan fingerprint density at radius 3 is 3.00 bits per heavy atom. The lowest BCUT2D eigenvalue weighted by Crippen LogP contribution is -2.12. The summed E-state index contributed by atoms with van der Waals surface area (Å²) < 4.78 is 7.55. The van der Waals surface area contributed by atoms with Crippen LogP contribution in [0.2, 0.25) is 0 Å². The number of pyridine rings is 1. The molecule has 7 nitrogen and oxygen atoms in total. The number of amides is 1. The largest absolute Gasteiger partial charge is 0.462 e. The summed E-state index contributed by atoms with van der Waals surface area (Å²) in [6.07, 6.45) is 3.14. The third kappa shape index (κ3) is 2.91. The van der Waals surface area contributed by atoms with Crippen molar-refractivity contribution in [3.8, 4) is 0 Å². The Morgan fingerprint density at radius 2 is 2.15 bits per heavy atom. The zero-order valence-corrected chi connectivity index (χ0v) is 14.6. The highest BCUT2D eigenvalue weighted by Crippen LogP contribution is 2.21. The Hall–Kier alpha value is -3.26. The first-order valence-corrected chi connectivity index (χ1v) is 8.83. The molecule has 3 heterocycles. The number of fused-ring (bicyclic) bond motifs is 2. The van der Waals surface area contributed by atoms with E-state index in [-0.39, 0.29) is 12.5 Å². The van der Waals surface area contributed by atoms with Crippen LogP contribution in [0.15, 0.2) is 48.2 Å². The van der Waals surface area contributed by atoms with Crippen molar-refractivity contribution in [2.24, 2.45) is 0 Å². The quantitative estimate of drug-likeness (QED) is 0.560. The van der Waals surface area contributed by atoms with E-state index in [0.29, 0.717) is 22.3 Å². The van der Waals surface area contributed by atoms with E-state index in [1.165, 1.54) is 17.5 Å². The van der Waals surface area contributed by atoms with Gasteiger partial charge in [-0.25, -0.2) is 14.3 Å². The van der Waals surface area contributed by atoms with Gasteiger partial charge in [-0.3, -0.25) is 4.79 Å². The first-order valence-electron chi connectivity index (χ1n) is 7.95. The van der Waals surface area contributed by atoms with Crippen LogP contribution >= 0.6 is 11.3 Å². The molecule has 4 aromatic rings. The van der Waals surface area contributed by atoms with Crippen molar-refractivity contribution in [2.75, 3.05) is 11.9 Å². The maximum absolute atomic E-state index is 12.5. The first-order chi connectivity index (χ1) is 12.7. The molecule has 26 heavy (non-hydrogen) atoms. The summed E-state index contributed by atoms with van der Waals surface area (Å²) in [7, 11) is 0. The van der Waals surface area contributed by atoms with Crippen molar-refractivity contribution in [2.45, 2.75) is 6.92 Å². The fourth-order valence-corrected chi connectivity index (χ4v) is 3.34. The number of esters is 1. The van der Waals surface area contributed by atoms with E-state index in [9.17, 15) is 9.59 Å². The molecule has 8 heteroatoms. The van der Waals surface area contributed by atoms with Crippen LogP contribution in [0.5, 0.6) is 0 Å². The third-order valence-electron chi connectivity index (χ3n) is 3.87. The SMILES string of the molecule is CCOC(=O)c1cnn2ccc(NC(=O)c3ccc4ncsc4c3)cc12. The first kappa shape index (κ1) is 16.2. The van der Waals surface area contributed by atoms with Gasteiger partial charge in [0.15, 0.2) is 0 Å². The maximum Gasteiger partial charge on any atom is 0.341 e. The number of rotatable bonds is 4. The second kappa shape index (κ2) is 6.57. The summed E-state index contributed by atoms with van der Waals surface area (Å²) in [6, 6.07) is 8.78. The molecule has 0 saturated heterocycles. The third-order valence-corrected chi connectivity index (χ3v) is 4.66. The maximum atomic E-state index is 12.5. The summed E-state index contributed by atoms with van der Waals surface area (Å²) in [5.74, 6) is -0.677. The average molecular weight is 366 g/mol. The lowest BCUT2D eigenvalue weighted by Gasteiger charge is -2.06. The van der Waals surface area contributed by atoms with Crippen LogP contribution in [0.1, 0.15) is 27.6 Å². The molecule has 1 aromatic carbocycles. The highest BCUT2D eigenvalue weighted by molar-refractivity contribution is 7.16. The van der Waals surface area contributed by atoms with Crippen molar-refractivity contribution in [3.63, 3.8) is 0 Å². The number of hydrogen-bond acceptors (Lipinski definition) is 6. The van der Waals surface area contributed by atoms with E-state index in [1.807, 2.05) is 12.1 Å². The number of anilines is 1. The molecule has 130 valence electrons. The topological polar surface area (TPSA) is 85.6 Å². The van der Waals surface area contributed by atoms with Crippen LogP contribution in [-0.4, -0.2) is 33.1 Å². The fourth-order valence-electron chi connectivity index (χ4n) is 2.62. The number of hydrogen-bond donors (Lipinski definition) is 1. The van der Waals surface area contributed by atoms with Gasteiger partial charge in [-0.15, -0.1) is 11.3 Å². The zero-order chi connectivity index (χ0) is 18.1. The minimum absolute atomic E-state index is 0.234. The molecule has 0 fully saturated rings. The molecule has 1 amide bonds. The van der Waals surface area contributed by atoms with E-state index in [4.69, 9.17) is 4.74 Å². The van der Waals surface area contributed by atoms with Crippen molar-refractivity contribution in [1.82, 2.24) is 14.6 Å². The summed E-state index contributed by atoms with van der Waals surface area (Å²) >= 11 is 1.48. The molecule has 0 spiro atoms. The molecule has 0 atom stereocenters. The lowest BCUT2D eigenvalue weighted by molar-refractivity contribution is 0.0528. The molecule has 0 aliphatic carbocycles. The van der Waals surface area contributed by atoms with Crippen LogP contribution in [0.3, 0.4) is 0 Å². The second-order valence-corrected chi connectivity index (χ2v) is 6.40. The van der Waals surface area contributed by atoms with Gasteiger partial charge >= 0.3 is 5.97 Å². The van der Waals surface area contributed by atoms with Gasteiger partial charge in [-0.05, 0) is 37.3 Å². The molecule has 0 saturated carbocycles. The van der Waals surface area contributed by atoms with Crippen molar-refractivity contribution < 1.29 is 14.3 Å². The normalized spacial score (nSPS) is 11.0. The summed E-state index contributed by atoms with van der Waals surface area (Å²) in [6.45, 7) is 2.03. The van der Waals surface area contributed by atoms with E-state index in [0.717, 1.165) is 10.2 Å². The van der Waals surface area contributed by atoms with Gasteiger partial charge in [-0.2, -0.15) is 5.10 Å². The standard InChI is InChI=1S/C18H14N4O3S/c1-2-25-18(24)13-9-20-22-6-5-12(8-15(13)22)21-17(23)11-3-4-14-16(7-11)26-10-19-14/h3-10H,2H2,1H3,(H,21,23). The summed E-state index contributed by atoms with van der Waals surface area (Å²) in [5, 5.41) is 6.97. The van der Waals surface area contributed by atoms with Crippen LogP contribution in [0.25, 0.3) is 15.7 Å². The molecule has 4 rings (SSSR count). The smallest absolute Gasteiger partial charge is 0.341 e. The molecule has 0 radical (unpaired) electrons. The molecule has 1 N–H and O–H groups in total. The summed E-state index contributed by atoms with van der Waals surface area (Å²) in [5.41, 5.74) is 4.65. The number of aromatic nitrogens is 3. The molecular weight excluding hydrogens is 352 g/mol. The zero-order valence-electron chi connectivity index (χ0n) is 13.8. The van der Waals surface area contributed by atoms with Crippen molar-refractivity contribution >= 4 is 44.6 Å². The number of carbonyl (C=O) groups is 2. The Bertz CT molecular complexity index is 1130. The average Bonchev–Trinajstić information content (AvgIpc) is 3.27. The lowest BCUT2D eigenvalue weighted by atomic mass is 10.2. The number of nitrogens with zero attached hydrogens (tertiary/aromatic N) is 3. The van der Waals surface area contributed by atoms with Gasteiger partial charge in [0.05, 0.1) is 34.0 Å². The highest BCUT2D eigenvalue weighted by Gasteiger charge is 2.15. The fraction of sp³-hybridized carbons (Fsp3) is 0.111. The second-order valence-electron chi connectivity index (χ2n) is 5.51. The minimum atomic E-state index is -0.443. The van der Waals surface area contributed by atoms with Crippen LogP contribution in [0, 0.1) is 0 Å². The number of ether oxygens (including phenoxy) is 1. The van der Waals surface area contributed by atoms with Gasteiger partial charge < -0.3 is 10.1 Å². The summed E-state index contributed by atoms with van der Waals surface area (Å²) in [4.78, 5) is 28.7. The van der Waals surface area contributed by atoms with E-state index < -0.39 is 5.97 Å². The predicted molar refractivity (Wildman–Crippen MR) is 98.7 cm³/mol. The number of thiazole rings is 1. The van der Waals surface area contributed by atoms with E-state index >= 15 is 0 Å². The molecule has 0 unspecified atom stereocenters. The van der Waals surface area contributed by atoms with Gasteiger partial charge in [0.2, 0.25) is 0 Å². The van der Waals surface area contributed by atoms with Gasteiger partial charge in [0, 0.05) is 17.4 Å². The molecular formula is C18H14N4O3S. The van der Waals surface area contributed by atoms with Crippen LogP contribution in [-0.2, 0) is 4.74 Å². The minimum Gasteiger partial charge on any atom is -0.462 e. The number of carbonyl (C=O) groups excluding carboxylic acids is 2. The van der Waals surface area contributed by atoms with Gasteiger partial charge in [0.25, 0.3) is 5.91 Å². The Morgan fingerprint density at radius 1 is 1.27 bits per heavy atom. The van der Waals surface area contributed by atoms with Gasteiger partial charge in [0.1, 0.15) is 5.56 Å². The van der Waals surface area contributed by atoms with Gasteiger partial charge in [-0.1, -0.05) is 0 Å². The van der Waals surface area contributed by atoms with E-state index in [1.54, 1.807) is 41.3 Å². The van der Waals surface area contributed by atoms with E-state index in [2.05, 4.69) is 15.4 Å². The number of benzene rings is 1. The Kier molecular flexibility index (Phi) is 4.10. The molecule has 0 bridgehead atoms. The van der Waals surface area contributed by atoms with Crippen LogP contribution in [0.4, 0.5) is 5.69 Å². The van der Waals surface area contributed by atoms with Crippen molar-refractivity contribution in [3.05, 3.63) is 59.4 Å². The Labute approximate surface area is 152 Å². The molecule has 0 aliphatic rings. The van der Waals surface area contributed by atoms with Crippen molar-refractivity contribution in [1.29, 1.82) is 0 Å².